The average Bonchev–Trinajstić information content (AvgIpc) is 3.35. The molecule has 0 saturated carbocycles. The first-order chi connectivity index (χ1) is 19.6. The van der Waals surface area contributed by atoms with Crippen LogP contribution in [0.15, 0.2) is 78.9 Å². The maximum absolute atomic E-state index is 10.1. The third kappa shape index (κ3) is 4.26. The van der Waals surface area contributed by atoms with Crippen molar-refractivity contribution in [2.24, 2.45) is 0 Å². The average molecular weight is 508 g/mol. The summed E-state index contributed by atoms with van der Waals surface area (Å²) in [7, 11) is 42.8. The molecule has 1 heterocycles. The van der Waals surface area contributed by atoms with Crippen LogP contribution in [0.5, 0.6) is 0 Å². The fourth-order valence-electron chi connectivity index (χ4n) is 5.56. The van der Waals surface area contributed by atoms with Crippen LogP contribution < -0.4 is 43.7 Å². The topological polar surface area (TPSA) is 45.4 Å². The quantitative estimate of drug-likeness (QED) is 0.256. The van der Waals surface area contributed by atoms with Gasteiger partial charge in [-0.2, -0.15) is 0 Å². The lowest BCUT2D eigenvalue weighted by Crippen LogP contribution is -2.56. The SMILES string of the molecule is [B]c1c([B])c([B])c2c(c1[B])c1c([B])c(B(O)O)c([B])c([B])c1n2-c1ccc(-c2cccc(-c3ccccc3)c2)cc1. The number of rotatable bonds is 4. The first-order valence-corrected chi connectivity index (χ1v) is 12.8. The minimum absolute atomic E-state index is 0.00457. The van der Waals surface area contributed by atoms with E-state index in [1.807, 2.05) is 54.6 Å². The lowest BCUT2D eigenvalue weighted by Gasteiger charge is -2.18. The molecule has 0 aliphatic carbocycles. The molecule has 2 N–H and O–H groups in total. The van der Waals surface area contributed by atoms with Gasteiger partial charge in [-0.05, 0) is 56.7 Å². The van der Waals surface area contributed by atoms with E-state index in [4.69, 9.17) is 54.9 Å². The Balaban J connectivity index is 1.62. The van der Waals surface area contributed by atoms with Crippen molar-refractivity contribution in [2.45, 2.75) is 0 Å². The van der Waals surface area contributed by atoms with Gasteiger partial charge in [0.1, 0.15) is 54.9 Å². The van der Waals surface area contributed by atoms with Crippen molar-refractivity contribution < 1.29 is 10.0 Å². The lowest BCUT2D eigenvalue weighted by molar-refractivity contribution is 0.426. The van der Waals surface area contributed by atoms with Crippen LogP contribution in [0.4, 0.5) is 0 Å². The van der Waals surface area contributed by atoms with Gasteiger partial charge >= 0.3 is 7.12 Å². The van der Waals surface area contributed by atoms with Crippen LogP contribution >= 0.6 is 0 Å². The Morgan fingerprint density at radius 3 is 1.54 bits per heavy atom. The molecule has 11 heteroatoms. The summed E-state index contributed by atoms with van der Waals surface area (Å²) in [5, 5.41) is 20.8. The molecule has 0 unspecified atom stereocenters. The van der Waals surface area contributed by atoms with E-state index in [1.54, 1.807) is 4.57 Å². The summed E-state index contributed by atoms with van der Waals surface area (Å²) in [6.07, 6.45) is 0. The molecule has 0 saturated heterocycles. The smallest absolute Gasteiger partial charge is 0.423 e. The number of hydrogen-bond acceptors (Lipinski definition) is 2. The van der Waals surface area contributed by atoms with E-state index in [-0.39, 0.29) is 43.7 Å². The highest BCUT2D eigenvalue weighted by Crippen LogP contribution is 2.30. The summed E-state index contributed by atoms with van der Waals surface area (Å²) in [5.74, 6) is 0. The molecule has 5 aromatic carbocycles. The van der Waals surface area contributed by atoms with E-state index in [0.717, 1.165) is 22.3 Å². The van der Waals surface area contributed by atoms with Crippen molar-refractivity contribution in [3.63, 3.8) is 0 Å². The zero-order valence-electron chi connectivity index (χ0n) is 22.0. The molecule has 6 rings (SSSR count). The third-order valence-corrected chi connectivity index (χ3v) is 7.65. The zero-order valence-corrected chi connectivity index (χ0v) is 22.0. The van der Waals surface area contributed by atoms with Crippen LogP contribution in [0.25, 0.3) is 49.7 Å². The molecule has 14 radical (unpaired) electrons. The van der Waals surface area contributed by atoms with Crippen molar-refractivity contribution in [3.05, 3.63) is 78.9 Å². The van der Waals surface area contributed by atoms with Gasteiger partial charge in [0.25, 0.3) is 0 Å². The second-order valence-electron chi connectivity index (χ2n) is 9.96. The lowest BCUT2D eigenvalue weighted by atomic mass is 9.59. The molecule has 0 atom stereocenters. The van der Waals surface area contributed by atoms with Crippen molar-refractivity contribution in [2.75, 3.05) is 0 Å². The Labute approximate surface area is 248 Å². The van der Waals surface area contributed by atoms with Crippen molar-refractivity contribution in [3.8, 4) is 27.9 Å². The second kappa shape index (κ2) is 10.3. The molecule has 0 amide bonds. The van der Waals surface area contributed by atoms with Gasteiger partial charge in [0.05, 0.1) is 0 Å². The summed E-state index contributed by atoms with van der Waals surface area (Å²) in [6.45, 7) is 0. The van der Waals surface area contributed by atoms with E-state index in [2.05, 4.69) is 24.3 Å². The molecule has 41 heavy (non-hydrogen) atoms. The number of hydrogen-bond donors (Lipinski definition) is 2. The molecular weight excluding hydrogens is 493 g/mol. The number of nitrogens with zero attached hydrogens (tertiary/aromatic N) is 1. The number of fused-ring (bicyclic) bond motifs is 3. The summed E-state index contributed by atoms with van der Waals surface area (Å²) in [4.78, 5) is 0. The van der Waals surface area contributed by atoms with Crippen LogP contribution in [0.2, 0.25) is 0 Å². The highest BCUT2D eigenvalue weighted by molar-refractivity contribution is 6.76. The maximum Gasteiger partial charge on any atom is 0.487 e. The van der Waals surface area contributed by atoms with Crippen LogP contribution in [0.1, 0.15) is 0 Å². The normalized spacial score (nSPS) is 11.4. The second-order valence-corrected chi connectivity index (χ2v) is 9.96. The molecule has 0 aliphatic rings. The van der Waals surface area contributed by atoms with Crippen molar-refractivity contribution in [1.29, 1.82) is 0 Å². The minimum Gasteiger partial charge on any atom is -0.423 e. The molecule has 0 bridgehead atoms. The molecule has 176 valence electrons. The Hall–Kier alpha value is -3.66. The van der Waals surface area contributed by atoms with Crippen molar-refractivity contribution in [1.82, 2.24) is 4.57 Å². The maximum atomic E-state index is 10.1. The van der Waals surface area contributed by atoms with E-state index in [9.17, 15) is 10.0 Å². The fourth-order valence-corrected chi connectivity index (χ4v) is 5.56. The molecular formula is C30H15B8NO2. The predicted molar refractivity (Wildman–Crippen MR) is 179 cm³/mol. The van der Waals surface area contributed by atoms with Crippen molar-refractivity contribution >= 4 is 128 Å². The van der Waals surface area contributed by atoms with Gasteiger partial charge in [-0.25, -0.2) is 0 Å². The molecule has 0 spiro atoms. The fraction of sp³-hybridized carbons (Fsp3) is 0. The summed E-state index contributed by atoms with van der Waals surface area (Å²) >= 11 is 0. The third-order valence-electron chi connectivity index (χ3n) is 7.65. The first-order valence-electron chi connectivity index (χ1n) is 12.8. The van der Waals surface area contributed by atoms with E-state index in [0.29, 0.717) is 27.5 Å². The molecule has 1 aromatic heterocycles. The Morgan fingerprint density at radius 2 is 0.951 bits per heavy atom. The van der Waals surface area contributed by atoms with Gasteiger partial charge in [-0.15, -0.1) is 16.4 Å². The van der Waals surface area contributed by atoms with Gasteiger partial charge in [0, 0.05) is 16.7 Å². The molecule has 0 aliphatic heterocycles. The number of benzene rings is 5. The standard InChI is InChI=1S/C30H15B8NO2/c31-21-19-20-22(32)28(38(40)41)25(35)27(37)30(20)39(29(19)26(36)24(34)23(21)33)18-11-9-15(10-12-18)17-8-4-7-16(13-17)14-5-2-1-3-6-14/h1-13,40-41H. The highest BCUT2D eigenvalue weighted by atomic mass is 16.4. The predicted octanol–water partition coefficient (Wildman–Crippen LogP) is -2.65. The van der Waals surface area contributed by atoms with E-state index >= 15 is 0 Å². The minimum atomic E-state index is -1.98. The van der Waals surface area contributed by atoms with Gasteiger partial charge in [0.2, 0.25) is 0 Å². The van der Waals surface area contributed by atoms with Gasteiger partial charge in [-0.1, -0.05) is 82.5 Å². The Morgan fingerprint density at radius 1 is 0.463 bits per heavy atom. The molecule has 6 aromatic rings. The van der Waals surface area contributed by atoms with Gasteiger partial charge < -0.3 is 14.6 Å². The van der Waals surface area contributed by atoms with Crippen LogP contribution in [-0.4, -0.2) is 76.7 Å². The highest BCUT2D eigenvalue weighted by Gasteiger charge is 2.26. The molecule has 3 nitrogen and oxygen atoms in total. The van der Waals surface area contributed by atoms with Crippen LogP contribution in [0, 0.1) is 0 Å². The van der Waals surface area contributed by atoms with E-state index < -0.39 is 7.12 Å². The monoisotopic (exact) mass is 509 g/mol. The van der Waals surface area contributed by atoms with Gasteiger partial charge in [-0.3, -0.25) is 0 Å². The largest absolute Gasteiger partial charge is 0.487 e. The first kappa shape index (κ1) is 27.5. The van der Waals surface area contributed by atoms with Crippen LogP contribution in [-0.2, 0) is 0 Å². The summed E-state index contributed by atoms with van der Waals surface area (Å²) < 4.78 is 1.77. The Bertz CT molecular complexity index is 1990. The van der Waals surface area contributed by atoms with Crippen LogP contribution in [0.3, 0.4) is 0 Å². The summed E-state index contributed by atoms with van der Waals surface area (Å²) in [6, 6.07) is 26.2. The zero-order chi connectivity index (χ0) is 29.2. The van der Waals surface area contributed by atoms with Gasteiger partial charge in [0.15, 0.2) is 0 Å². The Kier molecular flexibility index (Phi) is 6.92. The van der Waals surface area contributed by atoms with E-state index in [1.165, 1.54) is 0 Å². The summed E-state index contributed by atoms with van der Waals surface area (Å²) in [5.41, 5.74) is 6.12. The number of aromatic nitrogens is 1. The molecule has 0 fully saturated rings.